The lowest BCUT2D eigenvalue weighted by Gasteiger charge is -2.14. The highest BCUT2D eigenvalue weighted by Gasteiger charge is 2.18. The topological polar surface area (TPSA) is 73.0 Å². The summed E-state index contributed by atoms with van der Waals surface area (Å²) in [7, 11) is 0. The number of thioether (sulfide) groups is 1. The molecule has 0 saturated carbocycles. The maximum atomic E-state index is 12.7. The molecular weight excluding hydrogens is 384 g/mol. The highest BCUT2D eigenvalue weighted by molar-refractivity contribution is 7.98. The Kier molecular flexibility index (Phi) is 5.76. The number of amides is 1. The molecule has 1 amide bonds. The Labute approximate surface area is 173 Å². The first-order chi connectivity index (χ1) is 14.2. The summed E-state index contributed by atoms with van der Waals surface area (Å²) >= 11 is 1.67. The second-order valence-corrected chi connectivity index (χ2v) is 7.55. The SMILES string of the molecule is CC(NC(=O)c1occc1CSc1ccccc1)c1ccc(-n2cncn2)cc1. The van der Waals surface area contributed by atoms with Gasteiger partial charge in [-0.15, -0.1) is 11.8 Å². The molecule has 2 aromatic carbocycles. The summed E-state index contributed by atoms with van der Waals surface area (Å²) in [6, 6.07) is 19.6. The van der Waals surface area contributed by atoms with E-state index in [4.69, 9.17) is 4.42 Å². The van der Waals surface area contributed by atoms with Gasteiger partial charge in [-0.1, -0.05) is 30.3 Å². The summed E-state index contributed by atoms with van der Waals surface area (Å²) in [6.45, 7) is 1.95. The number of carbonyl (C=O) groups is 1. The lowest BCUT2D eigenvalue weighted by atomic mass is 10.1. The van der Waals surface area contributed by atoms with Crippen molar-refractivity contribution in [3.8, 4) is 5.69 Å². The van der Waals surface area contributed by atoms with Crippen LogP contribution in [0.5, 0.6) is 0 Å². The molecule has 4 aromatic rings. The number of benzene rings is 2. The van der Waals surface area contributed by atoms with Crippen molar-refractivity contribution in [3.05, 3.63) is 96.5 Å². The number of furan rings is 1. The molecule has 146 valence electrons. The molecule has 2 heterocycles. The quantitative estimate of drug-likeness (QED) is 0.454. The lowest BCUT2D eigenvalue weighted by molar-refractivity contribution is 0.0911. The van der Waals surface area contributed by atoms with Crippen LogP contribution in [0.15, 0.2) is 88.9 Å². The third-order valence-electron chi connectivity index (χ3n) is 4.51. The van der Waals surface area contributed by atoms with Gasteiger partial charge in [-0.25, -0.2) is 9.67 Å². The molecule has 0 fully saturated rings. The fourth-order valence-electron chi connectivity index (χ4n) is 2.93. The van der Waals surface area contributed by atoms with E-state index < -0.39 is 0 Å². The van der Waals surface area contributed by atoms with Gasteiger partial charge in [0, 0.05) is 16.2 Å². The fraction of sp³-hybridized carbons (Fsp3) is 0.136. The van der Waals surface area contributed by atoms with Gasteiger partial charge in [-0.3, -0.25) is 4.79 Å². The highest BCUT2D eigenvalue weighted by Crippen LogP contribution is 2.25. The zero-order valence-electron chi connectivity index (χ0n) is 15.9. The van der Waals surface area contributed by atoms with Crippen LogP contribution in [-0.2, 0) is 5.75 Å². The van der Waals surface area contributed by atoms with Gasteiger partial charge in [0.2, 0.25) is 0 Å². The lowest BCUT2D eigenvalue weighted by Crippen LogP contribution is -2.27. The number of rotatable bonds is 7. The van der Waals surface area contributed by atoms with Crippen molar-refractivity contribution in [1.82, 2.24) is 20.1 Å². The van der Waals surface area contributed by atoms with Crippen LogP contribution in [0.1, 0.15) is 34.6 Å². The van der Waals surface area contributed by atoms with E-state index >= 15 is 0 Å². The maximum Gasteiger partial charge on any atom is 0.287 e. The molecule has 2 aromatic heterocycles. The minimum Gasteiger partial charge on any atom is -0.459 e. The van der Waals surface area contributed by atoms with Crippen molar-refractivity contribution in [2.45, 2.75) is 23.6 Å². The van der Waals surface area contributed by atoms with Crippen molar-refractivity contribution in [1.29, 1.82) is 0 Å². The van der Waals surface area contributed by atoms with E-state index in [1.165, 1.54) is 6.33 Å². The maximum absolute atomic E-state index is 12.7. The van der Waals surface area contributed by atoms with Gasteiger partial charge in [0.05, 0.1) is 18.0 Å². The summed E-state index contributed by atoms with van der Waals surface area (Å²) in [6.07, 6.45) is 4.70. The molecule has 6 nitrogen and oxygen atoms in total. The van der Waals surface area contributed by atoms with Crippen LogP contribution in [-0.4, -0.2) is 20.7 Å². The van der Waals surface area contributed by atoms with Crippen LogP contribution in [0.3, 0.4) is 0 Å². The van der Waals surface area contributed by atoms with Crippen molar-refractivity contribution >= 4 is 17.7 Å². The Bertz CT molecular complexity index is 1060. The summed E-state index contributed by atoms with van der Waals surface area (Å²) in [4.78, 5) is 17.8. The first kappa shape index (κ1) is 19.0. The van der Waals surface area contributed by atoms with Crippen LogP contribution in [0.4, 0.5) is 0 Å². The number of carbonyl (C=O) groups excluding carboxylic acids is 1. The molecule has 7 heteroatoms. The Morgan fingerprint density at radius 1 is 1.14 bits per heavy atom. The third kappa shape index (κ3) is 4.57. The summed E-state index contributed by atoms with van der Waals surface area (Å²) in [5.41, 5.74) is 2.79. The molecule has 0 saturated heterocycles. The Hall–Kier alpha value is -3.32. The minimum absolute atomic E-state index is 0.160. The second kappa shape index (κ2) is 8.79. The van der Waals surface area contributed by atoms with Gasteiger partial charge in [-0.2, -0.15) is 5.10 Å². The van der Waals surface area contributed by atoms with E-state index in [-0.39, 0.29) is 11.9 Å². The van der Waals surface area contributed by atoms with E-state index in [1.807, 2.05) is 55.5 Å². The van der Waals surface area contributed by atoms with Gasteiger partial charge in [0.15, 0.2) is 5.76 Å². The predicted molar refractivity (Wildman–Crippen MR) is 112 cm³/mol. The molecule has 0 aliphatic heterocycles. The fourth-order valence-corrected chi connectivity index (χ4v) is 3.83. The first-order valence-electron chi connectivity index (χ1n) is 9.21. The number of nitrogens with one attached hydrogen (secondary N) is 1. The van der Waals surface area contributed by atoms with Crippen LogP contribution in [0.25, 0.3) is 5.69 Å². The Balaban J connectivity index is 1.39. The van der Waals surface area contributed by atoms with Crippen LogP contribution >= 0.6 is 11.8 Å². The van der Waals surface area contributed by atoms with E-state index in [9.17, 15) is 4.79 Å². The van der Waals surface area contributed by atoms with Crippen LogP contribution < -0.4 is 5.32 Å². The smallest absolute Gasteiger partial charge is 0.287 e. The van der Waals surface area contributed by atoms with E-state index in [2.05, 4.69) is 27.5 Å². The Morgan fingerprint density at radius 3 is 2.66 bits per heavy atom. The second-order valence-electron chi connectivity index (χ2n) is 6.50. The highest BCUT2D eigenvalue weighted by atomic mass is 32.2. The Morgan fingerprint density at radius 2 is 1.93 bits per heavy atom. The average molecular weight is 404 g/mol. The molecule has 1 N–H and O–H groups in total. The minimum atomic E-state index is -0.216. The summed E-state index contributed by atoms with van der Waals surface area (Å²) in [5.74, 6) is 0.815. The third-order valence-corrected chi connectivity index (χ3v) is 5.58. The van der Waals surface area contributed by atoms with Gasteiger partial charge >= 0.3 is 0 Å². The molecule has 0 aliphatic rings. The number of hydrogen-bond acceptors (Lipinski definition) is 5. The molecule has 29 heavy (non-hydrogen) atoms. The molecule has 0 bridgehead atoms. The average Bonchev–Trinajstić information content (AvgIpc) is 3.45. The number of aromatic nitrogens is 3. The molecule has 0 radical (unpaired) electrons. The predicted octanol–water partition coefficient (Wildman–Crippen LogP) is 4.64. The molecule has 0 aliphatic carbocycles. The van der Waals surface area contributed by atoms with Gasteiger partial charge in [0.25, 0.3) is 5.91 Å². The van der Waals surface area contributed by atoms with Crippen molar-refractivity contribution in [2.75, 3.05) is 0 Å². The zero-order valence-corrected chi connectivity index (χ0v) is 16.7. The van der Waals surface area contributed by atoms with Crippen LogP contribution in [0, 0.1) is 0 Å². The standard InChI is InChI=1S/C22H20N4O2S/c1-16(17-7-9-19(10-8-17)26-15-23-14-24-26)25-22(27)21-18(11-12-28-21)13-29-20-5-3-2-4-6-20/h2-12,14-16H,13H2,1H3,(H,25,27). The van der Waals surface area contributed by atoms with E-state index in [1.54, 1.807) is 29.0 Å². The first-order valence-corrected chi connectivity index (χ1v) is 10.2. The molecule has 0 spiro atoms. The molecular formula is C22H20N4O2S. The summed E-state index contributed by atoms with van der Waals surface area (Å²) in [5, 5.41) is 7.13. The van der Waals surface area contributed by atoms with Crippen LogP contribution in [0.2, 0.25) is 0 Å². The van der Waals surface area contributed by atoms with Gasteiger partial charge in [-0.05, 0) is 42.8 Å². The van der Waals surface area contributed by atoms with E-state index in [0.717, 1.165) is 21.7 Å². The summed E-state index contributed by atoms with van der Waals surface area (Å²) < 4.78 is 7.16. The molecule has 1 atom stereocenters. The van der Waals surface area contributed by atoms with Crippen molar-refractivity contribution < 1.29 is 9.21 Å². The van der Waals surface area contributed by atoms with E-state index in [0.29, 0.717) is 11.5 Å². The normalized spacial score (nSPS) is 11.9. The molecule has 4 rings (SSSR count). The molecule has 1 unspecified atom stereocenters. The number of hydrogen-bond donors (Lipinski definition) is 1. The van der Waals surface area contributed by atoms with Gasteiger partial charge < -0.3 is 9.73 Å². The van der Waals surface area contributed by atoms with Gasteiger partial charge in [0.1, 0.15) is 12.7 Å². The largest absolute Gasteiger partial charge is 0.459 e. The zero-order chi connectivity index (χ0) is 20.1. The number of nitrogens with zero attached hydrogens (tertiary/aromatic N) is 3. The monoisotopic (exact) mass is 404 g/mol. The van der Waals surface area contributed by atoms with Crippen molar-refractivity contribution in [2.24, 2.45) is 0 Å². The van der Waals surface area contributed by atoms with Crippen molar-refractivity contribution in [3.63, 3.8) is 0 Å².